The summed E-state index contributed by atoms with van der Waals surface area (Å²) in [6.45, 7) is 3.45. The van der Waals surface area contributed by atoms with Crippen molar-refractivity contribution in [3.63, 3.8) is 0 Å². The predicted octanol–water partition coefficient (Wildman–Crippen LogP) is 0.841. The quantitative estimate of drug-likeness (QED) is 0.769. The van der Waals surface area contributed by atoms with Gasteiger partial charge in [0.05, 0.1) is 10.8 Å². The number of piperidine rings is 1. The molecule has 1 atom stereocenters. The van der Waals surface area contributed by atoms with Crippen molar-refractivity contribution >= 4 is 21.6 Å². The van der Waals surface area contributed by atoms with Crippen LogP contribution in [-0.4, -0.2) is 34.5 Å². The molecule has 2 rings (SSSR count). The number of anilines is 1. The molecule has 3 N–H and O–H groups in total. The number of benzene rings is 1. The molecule has 1 aromatic carbocycles. The lowest BCUT2D eigenvalue weighted by molar-refractivity contribution is -0.120. The molecule has 1 amide bonds. The summed E-state index contributed by atoms with van der Waals surface area (Å²) >= 11 is 0. The van der Waals surface area contributed by atoms with Crippen molar-refractivity contribution in [3.8, 4) is 0 Å². The van der Waals surface area contributed by atoms with E-state index < -0.39 is 10.0 Å². The highest BCUT2D eigenvalue weighted by atomic mass is 32.2. The van der Waals surface area contributed by atoms with E-state index in [0.29, 0.717) is 12.2 Å². The van der Waals surface area contributed by atoms with Crippen LogP contribution in [-0.2, 0) is 14.8 Å². The van der Waals surface area contributed by atoms with Gasteiger partial charge in [-0.05, 0) is 51.1 Å². The number of hydrogen-bond donors (Lipinski definition) is 3. The first-order chi connectivity index (χ1) is 9.94. The first kappa shape index (κ1) is 15.9. The maximum Gasteiger partial charge on any atom is 0.240 e. The molecule has 1 aliphatic rings. The first-order valence-corrected chi connectivity index (χ1v) is 8.48. The Morgan fingerprint density at radius 1 is 1.38 bits per heavy atom. The van der Waals surface area contributed by atoms with Gasteiger partial charge in [-0.1, -0.05) is 6.07 Å². The standard InChI is InChI=1S/C14H21N3O3S/c1-10-5-6-12(21(19,20)15-2)8-13(10)17-14(18)11-4-3-7-16-9-11/h5-6,8,11,15-16H,3-4,7,9H2,1-2H3,(H,17,18)/t11-/m1/s1. The number of aryl methyl sites for hydroxylation is 1. The molecule has 1 heterocycles. The number of nitrogens with one attached hydrogen (secondary N) is 3. The lowest BCUT2D eigenvalue weighted by Gasteiger charge is -2.22. The van der Waals surface area contributed by atoms with Gasteiger partial charge in [0.1, 0.15) is 0 Å². The number of rotatable bonds is 4. The van der Waals surface area contributed by atoms with E-state index in [1.165, 1.54) is 19.2 Å². The summed E-state index contributed by atoms with van der Waals surface area (Å²) in [5.41, 5.74) is 1.38. The Labute approximate surface area is 125 Å². The van der Waals surface area contributed by atoms with Gasteiger partial charge in [-0.3, -0.25) is 4.79 Å². The second-order valence-electron chi connectivity index (χ2n) is 5.22. The van der Waals surface area contributed by atoms with Crippen LogP contribution >= 0.6 is 0 Å². The molecule has 21 heavy (non-hydrogen) atoms. The van der Waals surface area contributed by atoms with Gasteiger partial charge in [-0.15, -0.1) is 0 Å². The monoisotopic (exact) mass is 311 g/mol. The van der Waals surface area contributed by atoms with E-state index in [1.54, 1.807) is 6.07 Å². The van der Waals surface area contributed by atoms with Crippen LogP contribution in [0.5, 0.6) is 0 Å². The predicted molar refractivity (Wildman–Crippen MR) is 81.6 cm³/mol. The Kier molecular flexibility index (Phi) is 4.97. The van der Waals surface area contributed by atoms with Crippen LogP contribution in [0.4, 0.5) is 5.69 Å². The highest BCUT2D eigenvalue weighted by molar-refractivity contribution is 7.89. The molecule has 1 fully saturated rings. The van der Waals surface area contributed by atoms with Crippen molar-refractivity contribution in [2.75, 3.05) is 25.5 Å². The molecule has 0 saturated carbocycles. The molecule has 1 saturated heterocycles. The summed E-state index contributed by atoms with van der Waals surface area (Å²) in [4.78, 5) is 12.4. The fourth-order valence-corrected chi connectivity index (χ4v) is 3.09. The summed E-state index contributed by atoms with van der Waals surface area (Å²) in [5, 5.41) is 6.04. The molecule has 116 valence electrons. The zero-order valence-electron chi connectivity index (χ0n) is 12.3. The summed E-state index contributed by atoms with van der Waals surface area (Å²) in [6.07, 6.45) is 1.83. The minimum atomic E-state index is -3.51. The largest absolute Gasteiger partial charge is 0.326 e. The molecule has 0 aromatic heterocycles. The van der Waals surface area contributed by atoms with Crippen molar-refractivity contribution in [2.45, 2.75) is 24.7 Å². The van der Waals surface area contributed by atoms with Gasteiger partial charge in [-0.25, -0.2) is 13.1 Å². The summed E-state index contributed by atoms with van der Waals surface area (Å²) in [7, 11) is -2.15. The minimum Gasteiger partial charge on any atom is -0.326 e. The second-order valence-corrected chi connectivity index (χ2v) is 7.10. The average molecular weight is 311 g/mol. The highest BCUT2D eigenvalue weighted by Gasteiger charge is 2.22. The van der Waals surface area contributed by atoms with Crippen molar-refractivity contribution in [1.29, 1.82) is 0 Å². The smallest absolute Gasteiger partial charge is 0.240 e. The van der Waals surface area contributed by atoms with Gasteiger partial charge in [0.2, 0.25) is 15.9 Å². The van der Waals surface area contributed by atoms with Crippen molar-refractivity contribution in [1.82, 2.24) is 10.0 Å². The molecule has 6 nitrogen and oxygen atoms in total. The number of carbonyl (C=O) groups is 1. The van der Waals surface area contributed by atoms with Gasteiger partial charge in [0, 0.05) is 12.2 Å². The van der Waals surface area contributed by atoms with Crippen LogP contribution in [0.1, 0.15) is 18.4 Å². The lowest BCUT2D eigenvalue weighted by atomic mass is 9.98. The molecule has 0 radical (unpaired) electrons. The fourth-order valence-electron chi connectivity index (χ4n) is 2.33. The van der Waals surface area contributed by atoms with E-state index in [1.807, 2.05) is 6.92 Å². The maximum atomic E-state index is 12.2. The molecule has 0 bridgehead atoms. The van der Waals surface area contributed by atoms with Gasteiger partial charge in [0.25, 0.3) is 0 Å². The Morgan fingerprint density at radius 3 is 2.76 bits per heavy atom. The van der Waals surface area contributed by atoms with Gasteiger partial charge in [-0.2, -0.15) is 0 Å². The van der Waals surface area contributed by atoms with Crippen molar-refractivity contribution < 1.29 is 13.2 Å². The zero-order chi connectivity index (χ0) is 15.5. The number of hydrogen-bond acceptors (Lipinski definition) is 4. The molecule has 0 unspecified atom stereocenters. The maximum absolute atomic E-state index is 12.2. The lowest BCUT2D eigenvalue weighted by Crippen LogP contribution is -2.37. The number of carbonyl (C=O) groups excluding carboxylic acids is 1. The SMILES string of the molecule is CNS(=O)(=O)c1ccc(C)c(NC(=O)[C@@H]2CCCNC2)c1. The minimum absolute atomic E-state index is 0.0655. The fraction of sp³-hybridized carbons (Fsp3) is 0.500. The molecular formula is C14H21N3O3S. The number of sulfonamides is 1. The van der Waals surface area contributed by atoms with Crippen molar-refractivity contribution in [3.05, 3.63) is 23.8 Å². The molecular weight excluding hydrogens is 290 g/mol. The average Bonchev–Trinajstić information content (AvgIpc) is 2.50. The van der Waals surface area contributed by atoms with Gasteiger partial charge >= 0.3 is 0 Å². The highest BCUT2D eigenvalue weighted by Crippen LogP contribution is 2.21. The molecule has 0 aliphatic carbocycles. The summed E-state index contributed by atoms with van der Waals surface area (Å²) in [5.74, 6) is -0.132. The molecule has 1 aromatic rings. The molecule has 7 heteroatoms. The third-order valence-corrected chi connectivity index (χ3v) is 5.13. The first-order valence-electron chi connectivity index (χ1n) is 7.00. The zero-order valence-corrected chi connectivity index (χ0v) is 13.1. The summed E-state index contributed by atoms with van der Waals surface area (Å²) in [6, 6.07) is 4.72. The Hall–Kier alpha value is -1.44. The Morgan fingerprint density at radius 2 is 2.14 bits per heavy atom. The van der Waals surface area contributed by atoms with Crippen LogP contribution in [0, 0.1) is 12.8 Å². The molecule has 1 aliphatic heterocycles. The van der Waals surface area contributed by atoms with E-state index in [-0.39, 0.29) is 16.7 Å². The summed E-state index contributed by atoms with van der Waals surface area (Å²) < 4.78 is 25.9. The van der Waals surface area contributed by atoms with Crippen LogP contribution in [0.2, 0.25) is 0 Å². The van der Waals surface area contributed by atoms with Crippen LogP contribution < -0.4 is 15.4 Å². The third kappa shape index (κ3) is 3.81. The van der Waals surface area contributed by atoms with E-state index in [0.717, 1.165) is 24.9 Å². The van der Waals surface area contributed by atoms with E-state index in [9.17, 15) is 13.2 Å². The van der Waals surface area contributed by atoms with Crippen LogP contribution in [0.25, 0.3) is 0 Å². The topological polar surface area (TPSA) is 87.3 Å². The Balaban J connectivity index is 2.19. The van der Waals surface area contributed by atoms with Gasteiger partial charge < -0.3 is 10.6 Å². The van der Waals surface area contributed by atoms with E-state index in [2.05, 4.69) is 15.4 Å². The number of amides is 1. The van der Waals surface area contributed by atoms with E-state index >= 15 is 0 Å². The van der Waals surface area contributed by atoms with Crippen LogP contribution in [0.15, 0.2) is 23.1 Å². The van der Waals surface area contributed by atoms with E-state index in [4.69, 9.17) is 0 Å². The Bertz CT molecular complexity index is 622. The normalized spacial score (nSPS) is 19.2. The van der Waals surface area contributed by atoms with Crippen LogP contribution in [0.3, 0.4) is 0 Å². The van der Waals surface area contributed by atoms with Crippen molar-refractivity contribution in [2.24, 2.45) is 5.92 Å². The third-order valence-electron chi connectivity index (χ3n) is 3.71. The van der Waals surface area contributed by atoms with Gasteiger partial charge in [0.15, 0.2) is 0 Å². The second kappa shape index (κ2) is 6.55. The molecule has 0 spiro atoms.